The second-order valence-corrected chi connectivity index (χ2v) is 7.16. The van der Waals surface area contributed by atoms with Crippen molar-refractivity contribution in [2.24, 2.45) is 0 Å². The summed E-state index contributed by atoms with van der Waals surface area (Å²) in [7, 11) is 0. The third-order valence-electron chi connectivity index (χ3n) is 5.21. The zero-order chi connectivity index (χ0) is 20.5. The van der Waals surface area contributed by atoms with Crippen molar-refractivity contribution in [1.82, 2.24) is 15.0 Å². The highest BCUT2D eigenvalue weighted by molar-refractivity contribution is 5.90. The minimum Gasteiger partial charge on any atom is -0.371 e. The van der Waals surface area contributed by atoms with Crippen molar-refractivity contribution in [2.45, 2.75) is 18.6 Å². The molecule has 3 heterocycles. The van der Waals surface area contributed by atoms with Crippen LogP contribution in [-0.2, 0) is 4.74 Å². The third kappa shape index (κ3) is 3.48. The number of para-hydroxylation sites is 1. The number of benzene rings is 2. The fourth-order valence-corrected chi connectivity index (χ4v) is 3.74. The first kappa shape index (κ1) is 18.6. The molecule has 0 amide bonds. The average Bonchev–Trinajstić information content (AvgIpc) is 3.24. The van der Waals surface area contributed by atoms with Gasteiger partial charge in [-0.15, -0.1) is 0 Å². The van der Waals surface area contributed by atoms with Crippen molar-refractivity contribution in [2.75, 3.05) is 11.9 Å². The van der Waals surface area contributed by atoms with Gasteiger partial charge in [0.15, 0.2) is 17.5 Å². The summed E-state index contributed by atoms with van der Waals surface area (Å²) in [4.78, 5) is 13.6. The van der Waals surface area contributed by atoms with Crippen LogP contribution in [-0.4, -0.2) is 27.6 Å². The number of hydrogen-bond donors (Lipinski definition) is 1. The van der Waals surface area contributed by atoms with Crippen molar-refractivity contribution < 1.29 is 13.5 Å². The Labute approximate surface area is 171 Å². The van der Waals surface area contributed by atoms with E-state index < -0.39 is 17.7 Å². The van der Waals surface area contributed by atoms with Gasteiger partial charge in [-0.05, 0) is 48.4 Å². The predicted octanol–water partition coefficient (Wildman–Crippen LogP) is 4.91. The maximum Gasteiger partial charge on any atom is 0.163 e. The summed E-state index contributed by atoms with van der Waals surface area (Å²) >= 11 is 0. The predicted molar refractivity (Wildman–Crippen MR) is 110 cm³/mol. The molecule has 0 aliphatic carbocycles. The summed E-state index contributed by atoms with van der Waals surface area (Å²) in [5.74, 6) is -0.521. The molecule has 0 spiro atoms. The first-order valence-electron chi connectivity index (χ1n) is 9.69. The molecule has 1 saturated heterocycles. The average molecular weight is 404 g/mol. The summed E-state index contributed by atoms with van der Waals surface area (Å²) in [5, 5.41) is 4.34. The van der Waals surface area contributed by atoms with Crippen LogP contribution in [0.4, 0.5) is 14.6 Å². The minimum absolute atomic E-state index is 0.144. The zero-order valence-electron chi connectivity index (χ0n) is 15.9. The summed E-state index contributed by atoms with van der Waals surface area (Å²) in [5.41, 5.74) is 2.21. The van der Waals surface area contributed by atoms with Gasteiger partial charge in [-0.3, -0.25) is 4.98 Å². The largest absolute Gasteiger partial charge is 0.371 e. The van der Waals surface area contributed by atoms with Crippen LogP contribution in [0.25, 0.3) is 22.3 Å². The SMILES string of the molecule is Fc1ccc(C2OCCC2Nc2nc(-c3cccnc3)nc3ccccc23)cc1F. The van der Waals surface area contributed by atoms with E-state index in [1.54, 1.807) is 18.5 Å². The second kappa shape index (κ2) is 7.76. The maximum absolute atomic E-state index is 13.8. The standard InChI is InChI=1S/C23H18F2N4O/c24-17-8-7-14(12-18(17)25)21-20(9-11-30-21)28-23-16-5-1-2-6-19(16)27-22(29-23)15-4-3-10-26-13-15/h1-8,10,12-13,20-21H,9,11H2,(H,27,28,29). The molecular formula is C23H18F2N4O. The molecule has 0 bridgehead atoms. The lowest BCUT2D eigenvalue weighted by atomic mass is 10.0. The van der Waals surface area contributed by atoms with Gasteiger partial charge in [0.2, 0.25) is 0 Å². The molecular weight excluding hydrogens is 386 g/mol. The lowest BCUT2D eigenvalue weighted by Crippen LogP contribution is -2.24. The number of aromatic nitrogens is 3. The molecule has 1 fully saturated rings. The minimum atomic E-state index is -0.881. The van der Waals surface area contributed by atoms with E-state index in [2.05, 4.69) is 15.3 Å². The molecule has 2 aromatic heterocycles. The van der Waals surface area contributed by atoms with E-state index in [0.717, 1.165) is 22.5 Å². The van der Waals surface area contributed by atoms with Crippen molar-refractivity contribution in [3.8, 4) is 11.4 Å². The van der Waals surface area contributed by atoms with Crippen LogP contribution in [0, 0.1) is 11.6 Å². The molecule has 4 aromatic rings. The normalized spacial score (nSPS) is 18.6. The molecule has 2 aromatic carbocycles. The summed E-state index contributed by atoms with van der Waals surface area (Å²) < 4.78 is 33.0. The van der Waals surface area contributed by atoms with E-state index >= 15 is 0 Å². The van der Waals surface area contributed by atoms with Crippen LogP contribution in [0.2, 0.25) is 0 Å². The number of nitrogens with zero attached hydrogens (tertiary/aromatic N) is 3. The number of anilines is 1. The molecule has 0 radical (unpaired) electrons. The molecule has 1 aliphatic rings. The zero-order valence-corrected chi connectivity index (χ0v) is 15.9. The molecule has 1 aliphatic heterocycles. The topological polar surface area (TPSA) is 59.9 Å². The lowest BCUT2D eigenvalue weighted by molar-refractivity contribution is 0.107. The van der Waals surface area contributed by atoms with E-state index in [1.807, 2.05) is 36.4 Å². The first-order valence-corrected chi connectivity index (χ1v) is 9.69. The number of rotatable bonds is 4. The summed E-state index contributed by atoms with van der Waals surface area (Å²) in [6, 6.07) is 15.2. The molecule has 2 unspecified atom stereocenters. The number of ether oxygens (including phenoxy) is 1. The van der Waals surface area contributed by atoms with Gasteiger partial charge in [-0.25, -0.2) is 18.7 Å². The number of hydrogen-bond acceptors (Lipinski definition) is 5. The fraction of sp³-hybridized carbons (Fsp3) is 0.174. The van der Waals surface area contributed by atoms with E-state index in [0.29, 0.717) is 30.2 Å². The van der Waals surface area contributed by atoms with E-state index in [-0.39, 0.29) is 6.04 Å². The quantitative estimate of drug-likeness (QED) is 0.524. The second-order valence-electron chi connectivity index (χ2n) is 7.16. The van der Waals surface area contributed by atoms with Crippen molar-refractivity contribution in [1.29, 1.82) is 0 Å². The van der Waals surface area contributed by atoms with Crippen LogP contribution in [0.5, 0.6) is 0 Å². The van der Waals surface area contributed by atoms with Gasteiger partial charge in [-0.2, -0.15) is 0 Å². The van der Waals surface area contributed by atoms with Crippen LogP contribution in [0.3, 0.4) is 0 Å². The van der Waals surface area contributed by atoms with Crippen LogP contribution in [0.15, 0.2) is 67.0 Å². The molecule has 5 rings (SSSR count). The fourth-order valence-electron chi connectivity index (χ4n) is 3.74. The highest BCUT2D eigenvalue weighted by atomic mass is 19.2. The Morgan fingerprint density at radius 3 is 2.70 bits per heavy atom. The Bertz CT molecular complexity index is 1200. The van der Waals surface area contributed by atoms with Gasteiger partial charge in [0.25, 0.3) is 0 Å². The molecule has 7 heteroatoms. The van der Waals surface area contributed by atoms with Gasteiger partial charge >= 0.3 is 0 Å². The Balaban J connectivity index is 1.53. The van der Waals surface area contributed by atoms with Gasteiger partial charge in [-0.1, -0.05) is 18.2 Å². The maximum atomic E-state index is 13.8. The van der Waals surface area contributed by atoms with Gasteiger partial charge in [0, 0.05) is 30.0 Å². The summed E-state index contributed by atoms with van der Waals surface area (Å²) in [6.45, 7) is 0.514. The Kier molecular flexibility index (Phi) is 4.80. The van der Waals surface area contributed by atoms with Gasteiger partial charge < -0.3 is 10.1 Å². The van der Waals surface area contributed by atoms with E-state index in [1.165, 1.54) is 6.07 Å². The third-order valence-corrected chi connectivity index (χ3v) is 5.21. The Hall–Kier alpha value is -3.45. The van der Waals surface area contributed by atoms with E-state index in [9.17, 15) is 8.78 Å². The van der Waals surface area contributed by atoms with Gasteiger partial charge in [0.05, 0.1) is 11.6 Å². The molecule has 30 heavy (non-hydrogen) atoms. The number of nitrogens with one attached hydrogen (secondary N) is 1. The van der Waals surface area contributed by atoms with Crippen LogP contribution in [0.1, 0.15) is 18.1 Å². The van der Waals surface area contributed by atoms with E-state index in [4.69, 9.17) is 9.72 Å². The Morgan fingerprint density at radius 1 is 0.967 bits per heavy atom. The smallest absolute Gasteiger partial charge is 0.163 e. The lowest BCUT2D eigenvalue weighted by Gasteiger charge is -2.22. The highest BCUT2D eigenvalue weighted by Gasteiger charge is 2.31. The molecule has 1 N–H and O–H groups in total. The number of halogens is 2. The number of fused-ring (bicyclic) bond motifs is 1. The molecule has 2 atom stereocenters. The monoisotopic (exact) mass is 404 g/mol. The molecule has 150 valence electrons. The highest BCUT2D eigenvalue weighted by Crippen LogP contribution is 2.34. The van der Waals surface area contributed by atoms with Crippen molar-refractivity contribution >= 4 is 16.7 Å². The van der Waals surface area contributed by atoms with Crippen molar-refractivity contribution in [3.05, 3.63) is 84.2 Å². The molecule has 0 saturated carbocycles. The summed E-state index contributed by atoms with van der Waals surface area (Å²) in [6.07, 6.45) is 3.73. The Morgan fingerprint density at radius 2 is 1.87 bits per heavy atom. The first-order chi connectivity index (χ1) is 14.7. The number of pyridine rings is 1. The van der Waals surface area contributed by atoms with Crippen LogP contribution < -0.4 is 5.32 Å². The van der Waals surface area contributed by atoms with Crippen molar-refractivity contribution in [3.63, 3.8) is 0 Å². The van der Waals surface area contributed by atoms with Gasteiger partial charge in [0.1, 0.15) is 11.9 Å². The van der Waals surface area contributed by atoms with Crippen LogP contribution >= 0.6 is 0 Å². The molecule has 5 nitrogen and oxygen atoms in total.